The van der Waals surface area contributed by atoms with Gasteiger partial charge in [0.05, 0.1) is 5.56 Å². The van der Waals surface area contributed by atoms with Crippen LogP contribution in [0.1, 0.15) is 20.9 Å². The van der Waals surface area contributed by atoms with Crippen LogP contribution in [0.3, 0.4) is 0 Å². The van der Waals surface area contributed by atoms with Crippen LogP contribution in [-0.2, 0) is 11.8 Å². The monoisotopic (exact) mass is 387 g/mol. The maximum absolute atomic E-state index is 13.8. The van der Waals surface area contributed by atoms with Gasteiger partial charge in [0.2, 0.25) is 11.5 Å². The Hall–Kier alpha value is -3.95. The number of aromatic nitrogens is 2. The summed E-state index contributed by atoms with van der Waals surface area (Å²) < 4.78 is 24.8. The molecule has 0 fully saturated rings. The zero-order valence-corrected chi connectivity index (χ0v) is 14.5. The molecule has 0 spiro atoms. The quantitative estimate of drug-likeness (QED) is 0.494. The SMILES string of the molecule is Cn1c(N)c(C(=O)COC(=O)c2ccc(-c3ccccc3F)o2)c(=O)[nH]c1=O. The van der Waals surface area contributed by atoms with E-state index < -0.39 is 41.0 Å². The van der Waals surface area contributed by atoms with E-state index in [1.807, 2.05) is 4.98 Å². The molecular weight excluding hydrogens is 373 g/mol. The van der Waals surface area contributed by atoms with Crippen molar-refractivity contribution in [3.63, 3.8) is 0 Å². The van der Waals surface area contributed by atoms with Gasteiger partial charge in [-0.3, -0.25) is 19.1 Å². The van der Waals surface area contributed by atoms with Crippen LogP contribution in [-0.4, -0.2) is 27.9 Å². The minimum Gasteiger partial charge on any atom is -0.451 e. The lowest BCUT2D eigenvalue weighted by Crippen LogP contribution is -2.35. The highest BCUT2D eigenvalue weighted by molar-refractivity contribution is 6.01. The first kappa shape index (κ1) is 18.8. The van der Waals surface area contributed by atoms with Gasteiger partial charge in [0.1, 0.15) is 23.0 Å². The standard InChI is InChI=1S/C18H14FN3O6/c1-22-15(20)14(16(24)21-18(22)26)11(23)8-27-17(25)13-7-6-12(28-13)9-4-2-3-5-10(9)19/h2-7H,8,20H2,1H3,(H,21,24,26). The van der Waals surface area contributed by atoms with Crippen LogP contribution < -0.4 is 17.0 Å². The normalized spacial score (nSPS) is 10.6. The molecule has 0 radical (unpaired) electrons. The molecule has 0 saturated carbocycles. The number of nitrogens with one attached hydrogen (secondary N) is 1. The van der Waals surface area contributed by atoms with Crippen molar-refractivity contribution < 1.29 is 23.1 Å². The Morgan fingerprint density at radius 1 is 1.21 bits per heavy atom. The van der Waals surface area contributed by atoms with Gasteiger partial charge in [-0.25, -0.2) is 14.0 Å². The highest BCUT2D eigenvalue weighted by Crippen LogP contribution is 2.25. The number of halogens is 1. The molecule has 0 atom stereocenters. The molecule has 10 heteroatoms. The molecule has 0 aliphatic rings. The van der Waals surface area contributed by atoms with Crippen LogP contribution in [0.4, 0.5) is 10.2 Å². The number of H-pyrrole nitrogens is 1. The van der Waals surface area contributed by atoms with Crippen molar-refractivity contribution in [1.82, 2.24) is 9.55 Å². The number of rotatable bonds is 5. The number of carbonyl (C=O) groups excluding carboxylic acids is 2. The number of nitrogen functional groups attached to an aromatic ring is 1. The summed E-state index contributed by atoms with van der Waals surface area (Å²) in [6.07, 6.45) is 0. The first-order valence-corrected chi connectivity index (χ1v) is 7.93. The lowest BCUT2D eigenvalue weighted by molar-refractivity contribution is 0.0444. The summed E-state index contributed by atoms with van der Waals surface area (Å²) in [5, 5.41) is 0. The van der Waals surface area contributed by atoms with Crippen LogP contribution >= 0.6 is 0 Å². The highest BCUT2D eigenvalue weighted by Gasteiger charge is 2.21. The van der Waals surface area contributed by atoms with Crippen molar-refractivity contribution in [2.24, 2.45) is 7.05 Å². The van der Waals surface area contributed by atoms with Crippen molar-refractivity contribution in [3.05, 3.63) is 74.4 Å². The summed E-state index contributed by atoms with van der Waals surface area (Å²) in [5.74, 6) is -2.92. The van der Waals surface area contributed by atoms with E-state index in [-0.39, 0.29) is 22.9 Å². The number of carbonyl (C=O) groups is 2. The summed E-state index contributed by atoms with van der Waals surface area (Å²) >= 11 is 0. The predicted molar refractivity (Wildman–Crippen MR) is 95.4 cm³/mol. The molecule has 0 unspecified atom stereocenters. The lowest BCUT2D eigenvalue weighted by Gasteiger charge is -2.07. The van der Waals surface area contributed by atoms with E-state index in [1.165, 1.54) is 37.4 Å². The Bertz CT molecular complexity index is 1190. The number of nitrogens with zero attached hydrogens (tertiary/aromatic N) is 1. The van der Waals surface area contributed by atoms with Crippen LogP contribution in [0, 0.1) is 5.82 Å². The Labute approximate surface area is 156 Å². The van der Waals surface area contributed by atoms with Gasteiger partial charge >= 0.3 is 11.7 Å². The maximum atomic E-state index is 13.8. The van der Waals surface area contributed by atoms with Gasteiger partial charge in [0, 0.05) is 7.05 Å². The third-order valence-corrected chi connectivity index (χ3v) is 3.93. The van der Waals surface area contributed by atoms with E-state index in [4.69, 9.17) is 14.9 Å². The summed E-state index contributed by atoms with van der Waals surface area (Å²) in [5.41, 5.74) is 3.50. The minimum absolute atomic E-state index is 0.107. The molecule has 28 heavy (non-hydrogen) atoms. The van der Waals surface area contributed by atoms with Gasteiger partial charge in [-0.2, -0.15) is 0 Å². The van der Waals surface area contributed by atoms with E-state index in [0.717, 1.165) is 4.57 Å². The number of hydrogen-bond donors (Lipinski definition) is 2. The van der Waals surface area contributed by atoms with Gasteiger partial charge in [-0.15, -0.1) is 0 Å². The molecule has 144 valence electrons. The third kappa shape index (κ3) is 3.47. The summed E-state index contributed by atoms with van der Waals surface area (Å²) in [4.78, 5) is 49.4. The highest BCUT2D eigenvalue weighted by atomic mass is 19.1. The van der Waals surface area contributed by atoms with Crippen molar-refractivity contribution in [1.29, 1.82) is 0 Å². The first-order chi connectivity index (χ1) is 13.3. The zero-order valence-electron chi connectivity index (χ0n) is 14.5. The zero-order chi connectivity index (χ0) is 20.4. The van der Waals surface area contributed by atoms with E-state index in [0.29, 0.717) is 0 Å². The fourth-order valence-electron chi connectivity index (χ4n) is 2.43. The van der Waals surface area contributed by atoms with Gasteiger partial charge in [-0.05, 0) is 24.3 Å². The second kappa shape index (κ2) is 7.35. The fourth-order valence-corrected chi connectivity index (χ4v) is 2.43. The summed E-state index contributed by atoms with van der Waals surface area (Å²) in [6, 6.07) is 8.47. The van der Waals surface area contributed by atoms with E-state index >= 15 is 0 Å². The number of ether oxygens (including phenoxy) is 1. The summed E-state index contributed by atoms with van der Waals surface area (Å²) in [7, 11) is 1.27. The van der Waals surface area contributed by atoms with Gasteiger partial charge in [0.15, 0.2) is 6.61 Å². The molecular formula is C18H14FN3O6. The van der Waals surface area contributed by atoms with Crippen LogP contribution in [0.5, 0.6) is 0 Å². The third-order valence-electron chi connectivity index (χ3n) is 3.93. The Balaban J connectivity index is 1.74. The Morgan fingerprint density at radius 3 is 2.64 bits per heavy atom. The maximum Gasteiger partial charge on any atom is 0.374 e. The van der Waals surface area contributed by atoms with Crippen LogP contribution in [0.15, 0.2) is 50.4 Å². The second-order valence-electron chi connectivity index (χ2n) is 5.72. The Kier molecular flexibility index (Phi) is 4.94. The molecule has 0 bridgehead atoms. The molecule has 2 aromatic heterocycles. The van der Waals surface area contributed by atoms with Gasteiger partial charge in [-0.1, -0.05) is 12.1 Å². The van der Waals surface area contributed by atoms with E-state index in [2.05, 4.69) is 0 Å². The van der Waals surface area contributed by atoms with Gasteiger partial charge < -0.3 is 14.9 Å². The van der Waals surface area contributed by atoms with Gasteiger partial charge in [0.25, 0.3) is 5.56 Å². The number of nitrogens with two attached hydrogens (primary N) is 1. The van der Waals surface area contributed by atoms with Crippen molar-refractivity contribution in [3.8, 4) is 11.3 Å². The first-order valence-electron chi connectivity index (χ1n) is 7.93. The molecule has 3 aromatic rings. The van der Waals surface area contributed by atoms with Crippen molar-refractivity contribution in [2.75, 3.05) is 12.3 Å². The molecule has 3 N–H and O–H groups in total. The van der Waals surface area contributed by atoms with Crippen LogP contribution in [0.2, 0.25) is 0 Å². The number of Topliss-reactive ketones (excluding diaryl/α,β-unsaturated/α-hetero) is 1. The number of aromatic amines is 1. The number of furan rings is 1. The number of anilines is 1. The second-order valence-corrected chi connectivity index (χ2v) is 5.72. The number of esters is 1. The van der Waals surface area contributed by atoms with E-state index in [1.54, 1.807) is 6.07 Å². The van der Waals surface area contributed by atoms with E-state index in [9.17, 15) is 23.6 Å². The summed E-state index contributed by atoms with van der Waals surface area (Å²) in [6.45, 7) is -0.806. The molecule has 1 aromatic carbocycles. The average Bonchev–Trinajstić information content (AvgIpc) is 3.14. The minimum atomic E-state index is -0.990. The molecule has 0 aliphatic heterocycles. The van der Waals surface area contributed by atoms with Crippen molar-refractivity contribution in [2.45, 2.75) is 0 Å². The predicted octanol–water partition coefficient (Wildman–Crippen LogP) is 1.09. The lowest BCUT2D eigenvalue weighted by atomic mass is 10.1. The molecule has 0 saturated heterocycles. The molecule has 9 nitrogen and oxygen atoms in total. The smallest absolute Gasteiger partial charge is 0.374 e. The molecule has 2 heterocycles. The largest absolute Gasteiger partial charge is 0.451 e. The number of hydrogen-bond acceptors (Lipinski definition) is 7. The number of ketones is 1. The molecule has 3 rings (SSSR count). The molecule has 0 amide bonds. The molecule has 0 aliphatic carbocycles. The fraction of sp³-hybridized carbons (Fsp3) is 0.111. The average molecular weight is 387 g/mol. The topological polar surface area (TPSA) is 137 Å². The Morgan fingerprint density at radius 2 is 1.93 bits per heavy atom. The van der Waals surface area contributed by atoms with Crippen LogP contribution in [0.25, 0.3) is 11.3 Å². The number of benzene rings is 1. The van der Waals surface area contributed by atoms with Crippen molar-refractivity contribution >= 4 is 17.6 Å².